The maximum atomic E-state index is 12.4. The minimum atomic E-state index is -3.44. The summed E-state index contributed by atoms with van der Waals surface area (Å²) >= 11 is 5.93. The summed E-state index contributed by atoms with van der Waals surface area (Å²) in [6.07, 6.45) is 4.30. The molecular weight excluding hydrogens is 282 g/mol. The maximum Gasteiger partial charge on any atom is 0.240 e. The van der Waals surface area contributed by atoms with Gasteiger partial charge in [0.15, 0.2) is 0 Å². The molecule has 1 aliphatic carbocycles. The van der Waals surface area contributed by atoms with Gasteiger partial charge >= 0.3 is 0 Å². The first kappa shape index (κ1) is 14.8. The number of nitrogens with one attached hydrogen (secondary N) is 1. The number of aryl methyl sites for hydroxylation is 1. The normalized spacial score (nSPS) is 24.4. The Hall–Kier alpha value is -0.580. The van der Waals surface area contributed by atoms with Crippen molar-refractivity contribution in [2.24, 2.45) is 5.92 Å². The van der Waals surface area contributed by atoms with Crippen LogP contribution in [-0.2, 0) is 10.0 Å². The molecule has 2 atom stereocenters. The van der Waals surface area contributed by atoms with Gasteiger partial charge in [0.05, 0.1) is 4.90 Å². The van der Waals surface area contributed by atoms with Crippen LogP contribution in [0.1, 0.15) is 38.2 Å². The largest absolute Gasteiger partial charge is 0.240 e. The van der Waals surface area contributed by atoms with Gasteiger partial charge in [-0.05, 0) is 49.4 Å². The summed E-state index contributed by atoms with van der Waals surface area (Å²) < 4.78 is 27.5. The highest BCUT2D eigenvalue weighted by atomic mass is 35.5. The molecule has 0 heterocycles. The van der Waals surface area contributed by atoms with Crippen molar-refractivity contribution in [1.82, 2.24) is 4.72 Å². The lowest BCUT2D eigenvalue weighted by Crippen LogP contribution is -2.40. The van der Waals surface area contributed by atoms with Gasteiger partial charge in [0.25, 0.3) is 0 Å². The summed E-state index contributed by atoms with van der Waals surface area (Å²) in [7, 11) is -3.44. The fourth-order valence-corrected chi connectivity index (χ4v) is 4.12. The standard InChI is InChI=1S/C14H20ClNO2S/c1-10-5-3-4-6-14(10)16-19(17,18)12-7-8-13(15)11(2)9-12/h7-10,14,16H,3-6H2,1-2H3. The molecule has 1 aromatic carbocycles. The van der Waals surface area contributed by atoms with Gasteiger partial charge in [0.1, 0.15) is 0 Å². The third-order valence-corrected chi connectivity index (χ3v) is 5.77. The minimum absolute atomic E-state index is 0.0507. The Morgan fingerprint density at radius 1 is 1.26 bits per heavy atom. The van der Waals surface area contributed by atoms with E-state index in [2.05, 4.69) is 11.6 Å². The average Bonchev–Trinajstić information content (AvgIpc) is 2.35. The number of sulfonamides is 1. The van der Waals surface area contributed by atoms with Crippen LogP contribution in [0.25, 0.3) is 0 Å². The number of hydrogen-bond acceptors (Lipinski definition) is 2. The molecule has 2 unspecified atom stereocenters. The second-order valence-electron chi connectivity index (χ2n) is 5.40. The van der Waals surface area contributed by atoms with Crippen LogP contribution in [0.3, 0.4) is 0 Å². The summed E-state index contributed by atoms with van der Waals surface area (Å²) in [5.41, 5.74) is 0.779. The molecule has 1 aromatic rings. The monoisotopic (exact) mass is 301 g/mol. The highest BCUT2D eigenvalue weighted by Gasteiger charge is 2.26. The van der Waals surface area contributed by atoms with Crippen LogP contribution in [-0.4, -0.2) is 14.5 Å². The van der Waals surface area contributed by atoms with Crippen LogP contribution in [0.5, 0.6) is 0 Å². The first-order valence-corrected chi connectivity index (χ1v) is 8.55. The summed E-state index contributed by atoms with van der Waals surface area (Å²) in [5.74, 6) is 0.400. The van der Waals surface area contributed by atoms with Gasteiger partial charge in [-0.1, -0.05) is 31.4 Å². The van der Waals surface area contributed by atoms with E-state index < -0.39 is 10.0 Å². The van der Waals surface area contributed by atoms with Crippen molar-refractivity contribution < 1.29 is 8.42 Å². The Bertz CT molecular complexity index is 557. The van der Waals surface area contributed by atoms with Crippen molar-refractivity contribution in [3.05, 3.63) is 28.8 Å². The first-order chi connectivity index (χ1) is 8.90. The molecule has 3 nitrogen and oxygen atoms in total. The molecule has 106 valence electrons. The van der Waals surface area contributed by atoms with E-state index in [-0.39, 0.29) is 6.04 Å². The second-order valence-corrected chi connectivity index (χ2v) is 7.52. The Morgan fingerprint density at radius 3 is 2.58 bits per heavy atom. The van der Waals surface area contributed by atoms with E-state index in [9.17, 15) is 8.42 Å². The summed E-state index contributed by atoms with van der Waals surface area (Å²) in [6, 6.07) is 4.87. The molecule has 5 heteroatoms. The molecule has 0 aromatic heterocycles. The Labute approximate surface area is 120 Å². The smallest absolute Gasteiger partial charge is 0.208 e. The van der Waals surface area contributed by atoms with Crippen molar-refractivity contribution >= 4 is 21.6 Å². The fourth-order valence-electron chi connectivity index (χ4n) is 2.54. The molecule has 19 heavy (non-hydrogen) atoms. The Kier molecular flexibility index (Phi) is 4.54. The van der Waals surface area contributed by atoms with Crippen molar-refractivity contribution in [2.45, 2.75) is 50.5 Å². The van der Waals surface area contributed by atoms with E-state index >= 15 is 0 Å². The van der Waals surface area contributed by atoms with Gasteiger partial charge in [0.2, 0.25) is 10.0 Å². The Balaban J connectivity index is 2.19. The van der Waals surface area contributed by atoms with Crippen molar-refractivity contribution in [3.8, 4) is 0 Å². The fraction of sp³-hybridized carbons (Fsp3) is 0.571. The van der Waals surface area contributed by atoms with Crippen LogP contribution in [0.15, 0.2) is 23.1 Å². The Morgan fingerprint density at radius 2 is 1.95 bits per heavy atom. The summed E-state index contributed by atoms with van der Waals surface area (Å²) in [6.45, 7) is 3.92. The van der Waals surface area contributed by atoms with Crippen molar-refractivity contribution in [2.75, 3.05) is 0 Å². The van der Waals surface area contributed by atoms with E-state index in [0.717, 1.165) is 24.8 Å². The van der Waals surface area contributed by atoms with Crippen LogP contribution in [0.2, 0.25) is 5.02 Å². The number of hydrogen-bond donors (Lipinski definition) is 1. The second kappa shape index (κ2) is 5.81. The van der Waals surface area contributed by atoms with Crippen LogP contribution in [0.4, 0.5) is 0 Å². The number of rotatable bonds is 3. The van der Waals surface area contributed by atoms with Crippen LogP contribution in [0, 0.1) is 12.8 Å². The predicted octanol–water partition coefficient (Wildman–Crippen LogP) is 3.51. The lowest BCUT2D eigenvalue weighted by molar-refractivity contribution is 0.310. The third kappa shape index (κ3) is 3.50. The first-order valence-electron chi connectivity index (χ1n) is 6.68. The molecule has 2 rings (SSSR count). The van der Waals surface area contributed by atoms with Gasteiger partial charge in [0, 0.05) is 11.1 Å². The predicted molar refractivity (Wildman–Crippen MR) is 77.9 cm³/mol. The van der Waals surface area contributed by atoms with Gasteiger partial charge < -0.3 is 0 Å². The molecule has 0 spiro atoms. The van der Waals surface area contributed by atoms with Gasteiger partial charge in [-0.25, -0.2) is 13.1 Å². The van der Waals surface area contributed by atoms with Crippen molar-refractivity contribution in [3.63, 3.8) is 0 Å². The van der Waals surface area contributed by atoms with Gasteiger partial charge in [-0.3, -0.25) is 0 Å². The lowest BCUT2D eigenvalue weighted by Gasteiger charge is -2.29. The third-order valence-electron chi connectivity index (χ3n) is 3.86. The quantitative estimate of drug-likeness (QED) is 0.928. The van der Waals surface area contributed by atoms with Crippen LogP contribution >= 0.6 is 11.6 Å². The molecule has 1 fully saturated rings. The topological polar surface area (TPSA) is 46.2 Å². The van der Waals surface area contributed by atoms with Crippen molar-refractivity contribution in [1.29, 1.82) is 0 Å². The minimum Gasteiger partial charge on any atom is -0.208 e. The number of benzene rings is 1. The molecule has 0 saturated heterocycles. The molecule has 0 aliphatic heterocycles. The SMILES string of the molecule is Cc1cc(S(=O)(=O)NC2CCCCC2C)ccc1Cl. The van der Waals surface area contributed by atoms with Crippen LogP contribution < -0.4 is 4.72 Å². The zero-order valence-electron chi connectivity index (χ0n) is 11.3. The molecule has 1 aliphatic rings. The highest BCUT2D eigenvalue weighted by molar-refractivity contribution is 7.89. The number of halogens is 1. The lowest BCUT2D eigenvalue weighted by atomic mass is 9.87. The molecule has 0 radical (unpaired) electrons. The zero-order chi connectivity index (χ0) is 14.0. The summed E-state index contributed by atoms with van der Waals surface area (Å²) in [5, 5.41) is 0.588. The van der Waals surface area contributed by atoms with Gasteiger partial charge in [-0.15, -0.1) is 0 Å². The zero-order valence-corrected chi connectivity index (χ0v) is 12.9. The highest BCUT2D eigenvalue weighted by Crippen LogP contribution is 2.26. The molecule has 1 N–H and O–H groups in total. The van der Waals surface area contributed by atoms with E-state index in [1.807, 2.05) is 6.92 Å². The van der Waals surface area contributed by atoms with E-state index in [1.165, 1.54) is 6.42 Å². The average molecular weight is 302 g/mol. The maximum absolute atomic E-state index is 12.4. The van der Waals surface area contributed by atoms with Gasteiger partial charge in [-0.2, -0.15) is 0 Å². The molecule has 0 bridgehead atoms. The summed E-state index contributed by atoms with van der Waals surface area (Å²) in [4.78, 5) is 0.298. The molecular formula is C14H20ClNO2S. The molecule has 0 amide bonds. The van der Waals surface area contributed by atoms with E-state index in [0.29, 0.717) is 15.8 Å². The van der Waals surface area contributed by atoms with E-state index in [1.54, 1.807) is 18.2 Å². The molecule has 1 saturated carbocycles. The van der Waals surface area contributed by atoms with E-state index in [4.69, 9.17) is 11.6 Å².